The average molecular weight is 276 g/mol. The Balaban J connectivity index is 2.19. The molecule has 0 aliphatic carbocycles. The van der Waals surface area contributed by atoms with Crippen molar-refractivity contribution in [2.24, 2.45) is 0 Å². The Labute approximate surface area is 125 Å². The van der Waals surface area contributed by atoms with Gasteiger partial charge in [-0.05, 0) is 58.3 Å². The molecule has 0 aliphatic rings. The smallest absolute Gasteiger partial charge is 0.0236 e. The summed E-state index contributed by atoms with van der Waals surface area (Å²) in [6, 6.07) is 11.4. The minimum Gasteiger partial charge on any atom is -0.317 e. The molecule has 1 N–H and O–H groups in total. The molecular formula is C18H32N2. The molecule has 1 aromatic carbocycles. The van der Waals surface area contributed by atoms with Gasteiger partial charge in [0.2, 0.25) is 0 Å². The lowest BCUT2D eigenvalue weighted by molar-refractivity contribution is 0.208. The number of hydrogen-bond donors (Lipinski definition) is 1. The van der Waals surface area contributed by atoms with Crippen molar-refractivity contribution in [2.45, 2.75) is 59.0 Å². The predicted octanol–water partition coefficient (Wildman–Crippen LogP) is 4.07. The third-order valence-corrected chi connectivity index (χ3v) is 3.68. The van der Waals surface area contributed by atoms with Crippen LogP contribution in [0.1, 0.15) is 52.0 Å². The number of rotatable bonds is 11. The van der Waals surface area contributed by atoms with Gasteiger partial charge in [0.25, 0.3) is 0 Å². The minimum atomic E-state index is 0.619. The topological polar surface area (TPSA) is 15.3 Å². The van der Waals surface area contributed by atoms with E-state index >= 15 is 0 Å². The van der Waals surface area contributed by atoms with Gasteiger partial charge < -0.3 is 5.32 Å². The SMILES string of the molecule is CCCNCCCCCN(Cc1ccccc1)C(C)C. The highest BCUT2D eigenvalue weighted by molar-refractivity contribution is 5.14. The second-order valence-corrected chi connectivity index (χ2v) is 5.86. The van der Waals surface area contributed by atoms with Crippen LogP contribution in [0.4, 0.5) is 0 Å². The van der Waals surface area contributed by atoms with Crippen molar-refractivity contribution in [1.82, 2.24) is 10.2 Å². The fraction of sp³-hybridized carbons (Fsp3) is 0.667. The van der Waals surface area contributed by atoms with Crippen LogP contribution in [-0.4, -0.2) is 30.6 Å². The lowest BCUT2D eigenvalue weighted by Crippen LogP contribution is -2.31. The summed E-state index contributed by atoms with van der Waals surface area (Å²) < 4.78 is 0. The minimum absolute atomic E-state index is 0.619. The highest BCUT2D eigenvalue weighted by atomic mass is 15.1. The summed E-state index contributed by atoms with van der Waals surface area (Å²) in [5, 5.41) is 3.47. The largest absolute Gasteiger partial charge is 0.317 e. The molecule has 1 aromatic rings. The third kappa shape index (κ3) is 7.66. The molecule has 20 heavy (non-hydrogen) atoms. The fourth-order valence-electron chi connectivity index (χ4n) is 2.38. The van der Waals surface area contributed by atoms with Crippen molar-refractivity contribution in [3.05, 3.63) is 35.9 Å². The van der Waals surface area contributed by atoms with E-state index in [2.05, 4.69) is 61.3 Å². The first kappa shape index (κ1) is 17.2. The zero-order valence-corrected chi connectivity index (χ0v) is 13.6. The second-order valence-electron chi connectivity index (χ2n) is 5.86. The van der Waals surface area contributed by atoms with Crippen LogP contribution in [0.15, 0.2) is 30.3 Å². The standard InChI is InChI=1S/C18H32N2/c1-4-13-19-14-9-6-10-15-20(17(2)3)16-18-11-7-5-8-12-18/h5,7-8,11-12,17,19H,4,6,9-10,13-16H2,1-3H3. The molecule has 0 unspecified atom stereocenters. The summed E-state index contributed by atoms with van der Waals surface area (Å²) >= 11 is 0. The van der Waals surface area contributed by atoms with Gasteiger partial charge in [-0.3, -0.25) is 4.90 Å². The number of nitrogens with one attached hydrogen (secondary N) is 1. The van der Waals surface area contributed by atoms with Crippen LogP contribution in [-0.2, 0) is 6.54 Å². The van der Waals surface area contributed by atoms with Crippen LogP contribution in [0.2, 0.25) is 0 Å². The Morgan fingerprint density at radius 3 is 2.40 bits per heavy atom. The average Bonchev–Trinajstić information content (AvgIpc) is 2.46. The fourth-order valence-corrected chi connectivity index (χ4v) is 2.38. The Morgan fingerprint density at radius 2 is 1.75 bits per heavy atom. The molecule has 0 saturated heterocycles. The van der Waals surface area contributed by atoms with E-state index in [1.165, 1.54) is 44.3 Å². The maximum absolute atomic E-state index is 3.47. The van der Waals surface area contributed by atoms with Crippen molar-refractivity contribution in [3.63, 3.8) is 0 Å². The zero-order valence-electron chi connectivity index (χ0n) is 13.6. The molecule has 0 amide bonds. The highest BCUT2D eigenvalue weighted by Gasteiger charge is 2.09. The number of hydrogen-bond acceptors (Lipinski definition) is 2. The van der Waals surface area contributed by atoms with Gasteiger partial charge in [0.05, 0.1) is 0 Å². The van der Waals surface area contributed by atoms with Crippen molar-refractivity contribution in [3.8, 4) is 0 Å². The van der Waals surface area contributed by atoms with Crippen molar-refractivity contribution in [2.75, 3.05) is 19.6 Å². The van der Waals surface area contributed by atoms with E-state index in [1.807, 2.05) is 0 Å². The summed E-state index contributed by atoms with van der Waals surface area (Å²) in [7, 11) is 0. The van der Waals surface area contributed by atoms with Crippen LogP contribution >= 0.6 is 0 Å². The van der Waals surface area contributed by atoms with E-state index in [-0.39, 0.29) is 0 Å². The van der Waals surface area contributed by atoms with Gasteiger partial charge in [-0.25, -0.2) is 0 Å². The zero-order chi connectivity index (χ0) is 14.6. The summed E-state index contributed by atoms with van der Waals surface area (Å²) in [6.45, 7) is 11.4. The Morgan fingerprint density at radius 1 is 1.00 bits per heavy atom. The molecule has 0 aromatic heterocycles. The van der Waals surface area contributed by atoms with Gasteiger partial charge in [0, 0.05) is 12.6 Å². The molecule has 0 atom stereocenters. The quantitative estimate of drug-likeness (QED) is 0.613. The van der Waals surface area contributed by atoms with Gasteiger partial charge in [-0.15, -0.1) is 0 Å². The maximum Gasteiger partial charge on any atom is 0.0236 e. The van der Waals surface area contributed by atoms with E-state index in [0.29, 0.717) is 6.04 Å². The molecule has 114 valence electrons. The number of unbranched alkanes of at least 4 members (excludes halogenated alkanes) is 2. The molecule has 0 spiro atoms. The number of benzene rings is 1. The highest BCUT2D eigenvalue weighted by Crippen LogP contribution is 2.10. The van der Waals surface area contributed by atoms with Crippen LogP contribution in [0.5, 0.6) is 0 Å². The van der Waals surface area contributed by atoms with E-state index in [0.717, 1.165) is 13.1 Å². The maximum atomic E-state index is 3.47. The molecule has 0 bridgehead atoms. The summed E-state index contributed by atoms with van der Waals surface area (Å²) in [4.78, 5) is 2.58. The predicted molar refractivity (Wildman–Crippen MR) is 89.0 cm³/mol. The van der Waals surface area contributed by atoms with E-state index < -0.39 is 0 Å². The molecule has 0 aliphatic heterocycles. The molecule has 0 fully saturated rings. The van der Waals surface area contributed by atoms with Crippen LogP contribution in [0.3, 0.4) is 0 Å². The Bertz CT molecular complexity index is 321. The lowest BCUT2D eigenvalue weighted by Gasteiger charge is -2.26. The molecule has 2 heteroatoms. The van der Waals surface area contributed by atoms with Gasteiger partial charge in [-0.2, -0.15) is 0 Å². The monoisotopic (exact) mass is 276 g/mol. The van der Waals surface area contributed by atoms with Crippen LogP contribution < -0.4 is 5.32 Å². The molecule has 0 heterocycles. The normalized spacial score (nSPS) is 11.4. The summed E-state index contributed by atoms with van der Waals surface area (Å²) in [5.41, 5.74) is 1.42. The number of nitrogens with zero attached hydrogens (tertiary/aromatic N) is 1. The van der Waals surface area contributed by atoms with E-state index in [9.17, 15) is 0 Å². The first-order chi connectivity index (χ1) is 9.74. The van der Waals surface area contributed by atoms with Crippen molar-refractivity contribution in [1.29, 1.82) is 0 Å². The van der Waals surface area contributed by atoms with Crippen LogP contribution in [0, 0.1) is 0 Å². The first-order valence-electron chi connectivity index (χ1n) is 8.22. The van der Waals surface area contributed by atoms with Crippen molar-refractivity contribution >= 4 is 0 Å². The van der Waals surface area contributed by atoms with Crippen molar-refractivity contribution < 1.29 is 0 Å². The summed E-state index contributed by atoms with van der Waals surface area (Å²) in [5.74, 6) is 0. The van der Waals surface area contributed by atoms with Gasteiger partial charge in [-0.1, -0.05) is 43.7 Å². The van der Waals surface area contributed by atoms with E-state index in [1.54, 1.807) is 0 Å². The molecule has 2 nitrogen and oxygen atoms in total. The molecule has 1 rings (SSSR count). The third-order valence-electron chi connectivity index (χ3n) is 3.68. The van der Waals surface area contributed by atoms with Gasteiger partial charge in [0.1, 0.15) is 0 Å². The molecule has 0 saturated carbocycles. The lowest BCUT2D eigenvalue weighted by atomic mass is 10.1. The Hall–Kier alpha value is -0.860. The summed E-state index contributed by atoms with van der Waals surface area (Å²) in [6.07, 6.45) is 5.17. The van der Waals surface area contributed by atoms with Gasteiger partial charge in [0.15, 0.2) is 0 Å². The van der Waals surface area contributed by atoms with Crippen LogP contribution in [0.25, 0.3) is 0 Å². The Kier molecular flexibility index (Phi) is 9.35. The van der Waals surface area contributed by atoms with E-state index in [4.69, 9.17) is 0 Å². The van der Waals surface area contributed by atoms with Gasteiger partial charge >= 0.3 is 0 Å². The second kappa shape index (κ2) is 10.9. The molecule has 0 radical (unpaired) electrons. The first-order valence-corrected chi connectivity index (χ1v) is 8.22. The molecular weight excluding hydrogens is 244 g/mol.